The standard InChI is InChI=1S/C36H23N4PS/c42-41(24-20-22-37-23-21-24,40-31-16-6-1-10-25(31)26-11-2-7-17-32(26)40)34-19-9-13-28-35(34)27-12-3-5-15-30(27)39-33-18-8-4-14-29(33)38-36(28)39/h1-23H. The van der Waals surface area contributed by atoms with Crippen molar-refractivity contribution >= 4 is 88.8 Å². The third kappa shape index (κ3) is 3.10. The molecular formula is C36H23N4PS. The van der Waals surface area contributed by atoms with E-state index in [0.717, 1.165) is 54.6 Å². The van der Waals surface area contributed by atoms with Crippen LogP contribution in [0.3, 0.4) is 0 Å². The van der Waals surface area contributed by atoms with Crippen LogP contribution in [0.2, 0.25) is 0 Å². The minimum atomic E-state index is -2.71. The van der Waals surface area contributed by atoms with Crippen LogP contribution in [-0.2, 0) is 11.8 Å². The third-order valence-corrected chi connectivity index (χ3v) is 13.2. The van der Waals surface area contributed by atoms with Crippen molar-refractivity contribution in [2.45, 2.75) is 0 Å². The molecule has 0 aliphatic rings. The molecule has 0 aliphatic carbocycles. The second kappa shape index (κ2) is 8.83. The first kappa shape index (κ1) is 23.8. The van der Waals surface area contributed by atoms with Crippen LogP contribution in [0.1, 0.15) is 0 Å². The highest BCUT2D eigenvalue weighted by molar-refractivity contribution is 8.21. The van der Waals surface area contributed by atoms with Crippen LogP contribution in [0.5, 0.6) is 0 Å². The smallest absolute Gasteiger partial charge is 0.146 e. The van der Waals surface area contributed by atoms with Gasteiger partial charge in [0.25, 0.3) is 0 Å². The maximum Gasteiger partial charge on any atom is 0.146 e. The fourth-order valence-electron chi connectivity index (χ4n) is 6.71. The number of hydrogen-bond donors (Lipinski definition) is 0. The van der Waals surface area contributed by atoms with Gasteiger partial charge >= 0.3 is 0 Å². The largest absolute Gasteiger partial charge is 0.304 e. The second-order valence-corrected chi connectivity index (χ2v) is 14.7. The van der Waals surface area contributed by atoms with Crippen molar-refractivity contribution in [1.82, 2.24) is 18.7 Å². The molecule has 0 N–H and O–H groups in total. The Labute approximate surface area is 246 Å². The van der Waals surface area contributed by atoms with Gasteiger partial charge in [0.2, 0.25) is 0 Å². The topological polar surface area (TPSA) is 35.1 Å². The first-order chi connectivity index (χ1) is 20.7. The third-order valence-electron chi connectivity index (χ3n) is 8.43. The summed E-state index contributed by atoms with van der Waals surface area (Å²) in [5, 5.41) is 8.11. The maximum atomic E-state index is 7.11. The maximum absolute atomic E-state index is 7.11. The predicted octanol–water partition coefficient (Wildman–Crippen LogP) is 8.19. The number of benzene rings is 5. The zero-order chi connectivity index (χ0) is 27.8. The van der Waals surface area contributed by atoms with E-state index in [9.17, 15) is 0 Å². The van der Waals surface area contributed by atoms with Crippen molar-refractivity contribution in [3.63, 3.8) is 0 Å². The lowest BCUT2D eigenvalue weighted by molar-refractivity contribution is 1.31. The average molecular weight is 575 g/mol. The molecule has 0 spiro atoms. The van der Waals surface area contributed by atoms with Crippen molar-refractivity contribution in [3.8, 4) is 0 Å². The molecule has 0 saturated heterocycles. The van der Waals surface area contributed by atoms with E-state index in [1.165, 1.54) is 16.2 Å². The van der Waals surface area contributed by atoms with Gasteiger partial charge in [0.15, 0.2) is 0 Å². The summed E-state index contributed by atoms with van der Waals surface area (Å²) in [6.45, 7) is 0. The molecule has 0 bridgehead atoms. The van der Waals surface area contributed by atoms with Crippen LogP contribution >= 0.6 is 6.19 Å². The summed E-state index contributed by atoms with van der Waals surface area (Å²) in [4.78, 5) is 9.56. The van der Waals surface area contributed by atoms with Crippen molar-refractivity contribution in [2.24, 2.45) is 0 Å². The van der Waals surface area contributed by atoms with E-state index in [0.29, 0.717) is 0 Å². The number of fused-ring (bicyclic) bond motifs is 11. The van der Waals surface area contributed by atoms with Crippen LogP contribution < -0.4 is 10.6 Å². The summed E-state index contributed by atoms with van der Waals surface area (Å²) in [5.74, 6) is 0. The molecule has 4 nitrogen and oxygen atoms in total. The van der Waals surface area contributed by atoms with E-state index in [-0.39, 0.29) is 0 Å². The molecule has 0 aliphatic heterocycles. The van der Waals surface area contributed by atoms with Crippen molar-refractivity contribution in [2.75, 3.05) is 0 Å². The summed E-state index contributed by atoms with van der Waals surface area (Å²) in [7, 11) is 0. The molecule has 42 heavy (non-hydrogen) atoms. The fraction of sp³-hybridized carbons (Fsp3) is 0. The first-order valence-corrected chi connectivity index (χ1v) is 16.7. The van der Waals surface area contributed by atoms with E-state index in [2.05, 4.69) is 141 Å². The van der Waals surface area contributed by atoms with Crippen LogP contribution in [0.25, 0.3) is 60.2 Å². The van der Waals surface area contributed by atoms with Gasteiger partial charge in [-0.2, -0.15) is 0 Å². The van der Waals surface area contributed by atoms with Crippen LogP contribution in [0.15, 0.2) is 140 Å². The Bertz CT molecular complexity index is 2510. The van der Waals surface area contributed by atoms with E-state index < -0.39 is 6.19 Å². The zero-order valence-corrected chi connectivity index (χ0v) is 24.1. The Kier molecular flexibility index (Phi) is 5.01. The Morgan fingerprint density at radius 1 is 0.524 bits per heavy atom. The molecule has 9 rings (SSSR count). The number of imidazole rings is 1. The van der Waals surface area contributed by atoms with Gasteiger partial charge in [0.05, 0.1) is 33.8 Å². The average Bonchev–Trinajstić information content (AvgIpc) is 3.62. The van der Waals surface area contributed by atoms with Gasteiger partial charge in [0, 0.05) is 49.9 Å². The Balaban J connectivity index is 1.54. The van der Waals surface area contributed by atoms with E-state index in [1.807, 2.05) is 12.4 Å². The minimum Gasteiger partial charge on any atom is -0.304 e. The number of aromatic nitrogens is 4. The molecule has 5 aromatic carbocycles. The van der Waals surface area contributed by atoms with Gasteiger partial charge in [-0.05, 0) is 42.5 Å². The summed E-state index contributed by atoms with van der Waals surface area (Å²) in [6, 6.07) is 45.1. The SMILES string of the molecule is S=P(c1ccncc1)(c1cccc2c1c1ccccc1n1c3ccccc3nc21)n1c2ccccc2c2ccccc21. The Morgan fingerprint density at radius 2 is 1.10 bits per heavy atom. The van der Waals surface area contributed by atoms with E-state index >= 15 is 0 Å². The molecule has 0 fully saturated rings. The number of nitrogens with zero attached hydrogens (tertiary/aromatic N) is 4. The summed E-state index contributed by atoms with van der Waals surface area (Å²) < 4.78 is 4.76. The lowest BCUT2D eigenvalue weighted by Crippen LogP contribution is -2.22. The van der Waals surface area contributed by atoms with E-state index in [4.69, 9.17) is 16.8 Å². The highest BCUT2D eigenvalue weighted by atomic mass is 32.4. The van der Waals surface area contributed by atoms with Crippen LogP contribution in [-0.4, -0.2) is 18.7 Å². The molecule has 9 aromatic rings. The lowest BCUT2D eigenvalue weighted by Gasteiger charge is -2.29. The second-order valence-electron chi connectivity index (χ2n) is 10.6. The van der Waals surface area contributed by atoms with Crippen molar-refractivity contribution < 1.29 is 0 Å². The molecule has 4 heterocycles. The quantitative estimate of drug-likeness (QED) is 0.158. The Morgan fingerprint density at radius 3 is 1.81 bits per heavy atom. The number of rotatable bonds is 3. The molecule has 4 aromatic heterocycles. The number of hydrogen-bond acceptors (Lipinski definition) is 3. The van der Waals surface area contributed by atoms with Gasteiger partial charge in [0.1, 0.15) is 5.65 Å². The molecule has 6 heteroatoms. The zero-order valence-electron chi connectivity index (χ0n) is 22.4. The molecule has 198 valence electrons. The molecular weight excluding hydrogens is 551 g/mol. The monoisotopic (exact) mass is 574 g/mol. The summed E-state index contributed by atoms with van der Waals surface area (Å²) >= 11 is 7.11. The van der Waals surface area contributed by atoms with Crippen LogP contribution in [0.4, 0.5) is 0 Å². The summed E-state index contributed by atoms with van der Waals surface area (Å²) in [5.41, 5.74) is 6.45. The molecule has 1 atom stereocenters. The first-order valence-electron chi connectivity index (χ1n) is 14.0. The Hall–Kier alpha value is -4.83. The summed E-state index contributed by atoms with van der Waals surface area (Å²) in [6.07, 6.45) is 1.03. The van der Waals surface area contributed by atoms with Gasteiger partial charge in [-0.15, -0.1) is 0 Å². The molecule has 0 saturated carbocycles. The van der Waals surface area contributed by atoms with E-state index in [1.54, 1.807) is 0 Å². The molecule has 0 radical (unpaired) electrons. The molecule has 1 unspecified atom stereocenters. The van der Waals surface area contributed by atoms with Crippen molar-refractivity contribution in [1.29, 1.82) is 0 Å². The van der Waals surface area contributed by atoms with Gasteiger partial charge in [-0.25, -0.2) is 4.98 Å². The fourth-order valence-corrected chi connectivity index (χ4v) is 11.1. The normalized spacial score (nSPS) is 13.5. The molecule has 0 amide bonds. The lowest BCUT2D eigenvalue weighted by atomic mass is 10.1. The van der Waals surface area contributed by atoms with Gasteiger partial charge in [-0.1, -0.05) is 96.7 Å². The van der Waals surface area contributed by atoms with Gasteiger partial charge < -0.3 is 4.34 Å². The minimum absolute atomic E-state index is 0.949. The number of para-hydroxylation sites is 5. The highest BCUT2D eigenvalue weighted by Crippen LogP contribution is 2.53. The van der Waals surface area contributed by atoms with Crippen LogP contribution in [0, 0.1) is 0 Å². The highest BCUT2D eigenvalue weighted by Gasteiger charge is 2.31. The predicted molar refractivity (Wildman–Crippen MR) is 180 cm³/mol. The number of pyridine rings is 2. The van der Waals surface area contributed by atoms with Gasteiger partial charge in [-0.3, -0.25) is 9.38 Å². The van der Waals surface area contributed by atoms with Crippen molar-refractivity contribution in [3.05, 3.63) is 140 Å².